The van der Waals surface area contributed by atoms with Crippen molar-refractivity contribution in [2.75, 3.05) is 13.6 Å². The summed E-state index contributed by atoms with van der Waals surface area (Å²) in [6, 6.07) is 8.05. The fraction of sp³-hybridized carbons (Fsp3) is 0.300. The van der Waals surface area contributed by atoms with Crippen molar-refractivity contribution in [3.8, 4) is 0 Å². The second-order valence-electron chi connectivity index (χ2n) is 6.11. The van der Waals surface area contributed by atoms with Crippen LogP contribution in [0.3, 0.4) is 0 Å². The van der Waals surface area contributed by atoms with Gasteiger partial charge in [0.05, 0.1) is 22.6 Å². The fourth-order valence-electron chi connectivity index (χ4n) is 2.22. The molecule has 4 nitrogen and oxygen atoms in total. The van der Waals surface area contributed by atoms with E-state index in [1.807, 2.05) is 18.9 Å². The summed E-state index contributed by atoms with van der Waals surface area (Å²) in [5.74, 6) is -0.942. The Hall–Kier alpha value is -2.40. The van der Waals surface area contributed by atoms with E-state index in [4.69, 9.17) is 16.3 Å². The van der Waals surface area contributed by atoms with Crippen molar-refractivity contribution >= 4 is 29.6 Å². The van der Waals surface area contributed by atoms with Gasteiger partial charge in [0, 0.05) is 19.2 Å². The van der Waals surface area contributed by atoms with Crippen molar-refractivity contribution in [3.63, 3.8) is 0 Å². The number of carbonyl (C=O) groups excluding carboxylic acids is 1. The first-order valence-corrected chi connectivity index (χ1v) is 8.66. The zero-order valence-corrected chi connectivity index (χ0v) is 16.1. The van der Waals surface area contributed by atoms with Crippen molar-refractivity contribution in [1.82, 2.24) is 4.90 Å². The molecule has 0 aliphatic heterocycles. The maximum Gasteiger partial charge on any atom is 0.338 e. The third-order valence-corrected chi connectivity index (χ3v) is 4.28. The average Bonchev–Trinajstić information content (AvgIpc) is 2.60. The minimum Gasteiger partial charge on any atom is -0.457 e. The van der Waals surface area contributed by atoms with Crippen LogP contribution in [-0.2, 0) is 11.3 Å². The van der Waals surface area contributed by atoms with Crippen LogP contribution < -0.4 is 0 Å². The highest BCUT2D eigenvalue weighted by Gasteiger charge is 2.15. The van der Waals surface area contributed by atoms with E-state index in [0.29, 0.717) is 27.4 Å². The van der Waals surface area contributed by atoms with E-state index in [1.165, 1.54) is 12.1 Å². The molecule has 0 atom stereocenters. The zero-order chi connectivity index (χ0) is 19.3. The summed E-state index contributed by atoms with van der Waals surface area (Å²) in [6.07, 6.45) is 1.68. The Morgan fingerprint density at radius 3 is 2.69 bits per heavy atom. The summed E-state index contributed by atoms with van der Waals surface area (Å²) in [5.41, 5.74) is 2.74. The van der Waals surface area contributed by atoms with Gasteiger partial charge in [-0.25, -0.2) is 14.2 Å². The second kappa shape index (κ2) is 8.81. The molecule has 0 bridgehead atoms. The monoisotopic (exact) mass is 376 g/mol. The van der Waals surface area contributed by atoms with Gasteiger partial charge >= 0.3 is 5.97 Å². The molecule has 0 aliphatic rings. The van der Waals surface area contributed by atoms with Crippen LogP contribution in [0.2, 0.25) is 5.02 Å². The number of ether oxygens (including phenoxy) is 1. The van der Waals surface area contributed by atoms with Crippen molar-refractivity contribution < 1.29 is 13.9 Å². The lowest BCUT2D eigenvalue weighted by atomic mass is 10.1. The number of benzene rings is 2. The molecule has 6 heteroatoms. The van der Waals surface area contributed by atoms with Crippen LogP contribution in [0.1, 0.15) is 34.0 Å². The van der Waals surface area contributed by atoms with Gasteiger partial charge in [-0.05, 0) is 50.1 Å². The van der Waals surface area contributed by atoms with Gasteiger partial charge < -0.3 is 9.64 Å². The summed E-state index contributed by atoms with van der Waals surface area (Å²) in [4.78, 5) is 18.6. The quantitative estimate of drug-likeness (QED) is 0.402. The Morgan fingerprint density at radius 1 is 1.31 bits per heavy atom. The number of esters is 1. The highest BCUT2D eigenvalue weighted by Crippen LogP contribution is 2.29. The predicted molar refractivity (Wildman–Crippen MR) is 103 cm³/mol. The molecule has 2 rings (SSSR count). The highest BCUT2D eigenvalue weighted by atomic mass is 35.5. The topological polar surface area (TPSA) is 41.9 Å². The Balaban J connectivity index is 2.13. The third kappa shape index (κ3) is 5.05. The molecular formula is C20H22ClFN2O2. The van der Waals surface area contributed by atoms with Crippen LogP contribution in [-0.4, -0.2) is 30.8 Å². The molecule has 0 spiro atoms. The van der Waals surface area contributed by atoms with Crippen LogP contribution >= 0.6 is 11.6 Å². The average molecular weight is 377 g/mol. The molecule has 0 saturated carbocycles. The van der Waals surface area contributed by atoms with E-state index < -0.39 is 11.8 Å². The van der Waals surface area contributed by atoms with Crippen LogP contribution in [0.25, 0.3) is 0 Å². The molecule has 0 fully saturated rings. The SMILES string of the molecule is CCN(C)C=Nc1cc(C)c(C(=O)OCc2ccc(C)cc2F)cc1Cl. The van der Waals surface area contributed by atoms with Gasteiger partial charge in [-0.1, -0.05) is 23.7 Å². The number of halogens is 2. The molecule has 0 unspecified atom stereocenters. The lowest BCUT2D eigenvalue weighted by molar-refractivity contribution is 0.0468. The van der Waals surface area contributed by atoms with Gasteiger partial charge in [-0.3, -0.25) is 0 Å². The molecule has 26 heavy (non-hydrogen) atoms. The Bertz CT molecular complexity index is 837. The molecule has 0 saturated heterocycles. The van der Waals surface area contributed by atoms with Gasteiger partial charge in [0.1, 0.15) is 12.4 Å². The van der Waals surface area contributed by atoms with Crippen LogP contribution in [0.4, 0.5) is 10.1 Å². The zero-order valence-electron chi connectivity index (χ0n) is 15.3. The van der Waals surface area contributed by atoms with Gasteiger partial charge in [-0.2, -0.15) is 0 Å². The number of hydrogen-bond donors (Lipinski definition) is 0. The molecular weight excluding hydrogens is 355 g/mol. The summed E-state index contributed by atoms with van der Waals surface area (Å²) in [7, 11) is 1.90. The largest absolute Gasteiger partial charge is 0.457 e. The molecule has 0 aliphatic carbocycles. The lowest BCUT2D eigenvalue weighted by Crippen LogP contribution is -2.14. The molecule has 2 aromatic rings. The van der Waals surface area contributed by atoms with Crippen molar-refractivity contribution in [2.45, 2.75) is 27.4 Å². The maximum atomic E-state index is 13.8. The van der Waals surface area contributed by atoms with Gasteiger partial charge in [0.2, 0.25) is 0 Å². The van der Waals surface area contributed by atoms with Crippen LogP contribution in [0, 0.1) is 19.7 Å². The number of rotatable bonds is 6. The van der Waals surface area contributed by atoms with Crippen molar-refractivity contribution in [3.05, 3.63) is 63.4 Å². The Kier molecular flexibility index (Phi) is 6.75. The summed E-state index contributed by atoms with van der Waals surface area (Å²) in [6.45, 7) is 6.27. The smallest absolute Gasteiger partial charge is 0.338 e. The van der Waals surface area contributed by atoms with Crippen molar-refractivity contribution in [2.24, 2.45) is 4.99 Å². The molecule has 2 aromatic carbocycles. The molecule has 0 radical (unpaired) electrons. The van der Waals surface area contributed by atoms with Crippen LogP contribution in [0.5, 0.6) is 0 Å². The molecule has 0 N–H and O–H groups in total. The Labute approximate surface area is 158 Å². The first-order valence-electron chi connectivity index (χ1n) is 8.28. The number of nitrogens with zero attached hydrogens (tertiary/aromatic N) is 2. The summed E-state index contributed by atoms with van der Waals surface area (Å²) >= 11 is 6.23. The fourth-order valence-corrected chi connectivity index (χ4v) is 2.43. The number of aryl methyl sites for hydroxylation is 2. The summed E-state index contributed by atoms with van der Waals surface area (Å²) in [5, 5.41) is 0.352. The maximum absolute atomic E-state index is 13.8. The third-order valence-electron chi connectivity index (χ3n) is 3.97. The van der Waals surface area contributed by atoms with Gasteiger partial charge in [-0.15, -0.1) is 0 Å². The van der Waals surface area contributed by atoms with E-state index >= 15 is 0 Å². The first-order chi connectivity index (χ1) is 12.3. The van der Waals surface area contributed by atoms with E-state index in [1.54, 1.807) is 38.4 Å². The number of hydrogen-bond acceptors (Lipinski definition) is 3. The van der Waals surface area contributed by atoms with E-state index in [9.17, 15) is 9.18 Å². The highest BCUT2D eigenvalue weighted by molar-refractivity contribution is 6.33. The van der Waals surface area contributed by atoms with Crippen molar-refractivity contribution in [1.29, 1.82) is 0 Å². The standard InChI is InChI=1S/C20H22ClFN2O2/c1-5-24(4)12-23-19-9-14(3)16(10-17(19)21)20(25)26-11-15-7-6-13(2)8-18(15)22/h6-10,12H,5,11H2,1-4H3. The van der Waals surface area contributed by atoms with E-state index in [-0.39, 0.29) is 6.61 Å². The predicted octanol–water partition coefficient (Wildman–Crippen LogP) is 5.06. The molecule has 138 valence electrons. The number of aliphatic imine (C=N–C) groups is 1. The van der Waals surface area contributed by atoms with Crippen LogP contribution in [0.15, 0.2) is 35.3 Å². The minimum absolute atomic E-state index is 0.136. The lowest BCUT2D eigenvalue weighted by Gasteiger charge is -2.11. The first kappa shape index (κ1) is 19.9. The molecule has 0 amide bonds. The molecule has 0 heterocycles. The Morgan fingerprint density at radius 2 is 2.04 bits per heavy atom. The second-order valence-corrected chi connectivity index (χ2v) is 6.51. The van der Waals surface area contributed by atoms with E-state index in [2.05, 4.69) is 4.99 Å². The van der Waals surface area contributed by atoms with Gasteiger partial charge in [0.25, 0.3) is 0 Å². The normalized spacial score (nSPS) is 11.0. The summed E-state index contributed by atoms with van der Waals surface area (Å²) < 4.78 is 19.1. The van der Waals surface area contributed by atoms with E-state index in [0.717, 1.165) is 12.1 Å². The van der Waals surface area contributed by atoms with Gasteiger partial charge in [0.15, 0.2) is 0 Å². The number of carbonyl (C=O) groups is 1. The molecule has 0 aromatic heterocycles. The minimum atomic E-state index is -0.550.